The van der Waals surface area contributed by atoms with Crippen LogP contribution in [0.1, 0.15) is 56.1 Å². The van der Waals surface area contributed by atoms with E-state index < -0.39 is 53.8 Å². The van der Waals surface area contributed by atoms with Gasteiger partial charge in [0.1, 0.15) is 23.9 Å². The van der Waals surface area contributed by atoms with Crippen LogP contribution >= 0.6 is 0 Å². The summed E-state index contributed by atoms with van der Waals surface area (Å²) in [5.41, 5.74) is 26.1. The molecule has 0 spiro atoms. The molecule has 1 heterocycles. The Kier molecular flexibility index (Phi) is 17.1. The molecule has 1 aliphatic heterocycles. The van der Waals surface area contributed by atoms with Gasteiger partial charge in [0.15, 0.2) is 0 Å². The van der Waals surface area contributed by atoms with Crippen LogP contribution in [-0.2, 0) is 36.8 Å². The average Bonchev–Trinajstić information content (AvgIpc) is 3.12. The van der Waals surface area contributed by atoms with E-state index in [1.807, 2.05) is 24.3 Å². The number of hydrogen-bond donors (Lipinski definition) is 11. The number of nitrogens with two attached hydrogens (primary N) is 4. The van der Waals surface area contributed by atoms with Crippen molar-refractivity contribution < 1.29 is 29.1 Å². The molecular weight excluding hydrogens is 668 g/mol. The number of phenols is 1. The third-order valence-corrected chi connectivity index (χ3v) is 8.72. The van der Waals surface area contributed by atoms with Crippen LogP contribution < -0.4 is 49.5 Å². The van der Waals surface area contributed by atoms with Gasteiger partial charge in [0, 0.05) is 44.9 Å². The predicted octanol–water partition coefficient (Wildman–Crippen LogP) is -1.20. The minimum Gasteiger partial charge on any atom is -0.508 e. The minimum absolute atomic E-state index is 0.0137. The van der Waals surface area contributed by atoms with Crippen LogP contribution in [0.25, 0.3) is 11.1 Å². The lowest BCUT2D eigenvalue weighted by Crippen LogP contribution is -2.58. The van der Waals surface area contributed by atoms with Crippen LogP contribution in [0, 0.1) is 5.41 Å². The predicted molar refractivity (Wildman–Crippen MR) is 198 cm³/mol. The molecule has 5 amide bonds. The quantitative estimate of drug-likeness (QED) is 0.0685. The summed E-state index contributed by atoms with van der Waals surface area (Å²) in [6.07, 6.45) is 3.20. The molecule has 16 nitrogen and oxygen atoms in total. The number of fused-ring (bicyclic) bond motifs is 5. The number of hydrogen-bond acceptors (Lipinski definition) is 11. The summed E-state index contributed by atoms with van der Waals surface area (Å²) in [5.74, 6) is -2.56. The second kappa shape index (κ2) is 21.5. The summed E-state index contributed by atoms with van der Waals surface area (Å²) in [7, 11) is 0. The number of carbonyl (C=O) groups excluding carboxylic acids is 5. The molecule has 1 aliphatic rings. The maximum atomic E-state index is 13.9. The number of rotatable bonds is 17. The fourth-order valence-corrected chi connectivity index (χ4v) is 5.84. The minimum atomic E-state index is -1.16. The van der Waals surface area contributed by atoms with E-state index in [2.05, 4.69) is 26.6 Å². The fraction of sp³-hybridized carbons (Fsp3) is 0.500. The second-order valence-electron chi connectivity index (χ2n) is 13.0. The van der Waals surface area contributed by atoms with E-state index in [4.69, 9.17) is 28.3 Å². The van der Waals surface area contributed by atoms with Gasteiger partial charge in [0.25, 0.3) is 0 Å². The van der Waals surface area contributed by atoms with Crippen LogP contribution in [0.15, 0.2) is 42.5 Å². The van der Waals surface area contributed by atoms with Gasteiger partial charge in [-0.3, -0.25) is 24.0 Å². The molecule has 15 N–H and O–H groups in total. The Balaban J connectivity index is 1.83. The van der Waals surface area contributed by atoms with E-state index in [1.54, 1.807) is 12.1 Å². The summed E-state index contributed by atoms with van der Waals surface area (Å²) in [6.45, 7) is 1.18. The maximum Gasteiger partial charge on any atom is 0.243 e. The maximum absolute atomic E-state index is 13.9. The van der Waals surface area contributed by atoms with Gasteiger partial charge in [-0.15, -0.1) is 0 Å². The van der Waals surface area contributed by atoms with E-state index in [1.165, 1.54) is 6.07 Å². The van der Waals surface area contributed by atoms with E-state index in [0.717, 1.165) is 17.3 Å². The third-order valence-electron chi connectivity index (χ3n) is 8.72. The number of aromatic hydroxyl groups is 1. The number of carbonyl (C=O) groups is 5. The van der Waals surface area contributed by atoms with Crippen LogP contribution in [-0.4, -0.2) is 97.2 Å². The van der Waals surface area contributed by atoms with Crippen molar-refractivity contribution in [1.29, 1.82) is 5.41 Å². The monoisotopic (exact) mass is 722 g/mol. The highest BCUT2D eigenvalue weighted by Crippen LogP contribution is 2.28. The first-order valence-electron chi connectivity index (χ1n) is 17.7. The van der Waals surface area contributed by atoms with Crippen molar-refractivity contribution in [2.75, 3.05) is 26.2 Å². The van der Waals surface area contributed by atoms with Gasteiger partial charge in [-0.05, 0) is 85.7 Å². The average molecular weight is 723 g/mol. The molecule has 4 bridgehead atoms. The highest BCUT2D eigenvalue weighted by atomic mass is 16.3. The molecule has 2 aromatic rings. The van der Waals surface area contributed by atoms with Crippen LogP contribution in [0.4, 0.5) is 0 Å². The number of nitrogens with one attached hydrogen (secondary N) is 6. The molecule has 2 unspecified atom stereocenters. The van der Waals surface area contributed by atoms with Crippen molar-refractivity contribution in [3.05, 3.63) is 53.6 Å². The molecule has 3 rings (SSSR count). The van der Waals surface area contributed by atoms with Gasteiger partial charge < -0.3 is 60.0 Å². The van der Waals surface area contributed by atoms with Gasteiger partial charge in [-0.25, -0.2) is 0 Å². The molecule has 2 aromatic carbocycles. The molecule has 52 heavy (non-hydrogen) atoms. The lowest BCUT2D eigenvalue weighted by molar-refractivity contribution is -0.134. The molecule has 0 aromatic heterocycles. The van der Waals surface area contributed by atoms with E-state index in [9.17, 15) is 29.1 Å². The zero-order valence-electron chi connectivity index (χ0n) is 29.5. The number of benzene rings is 2. The van der Waals surface area contributed by atoms with Gasteiger partial charge in [0.05, 0.1) is 6.04 Å². The Morgan fingerprint density at radius 3 is 2.44 bits per heavy atom. The Morgan fingerprint density at radius 2 is 1.71 bits per heavy atom. The normalized spacial score (nSPS) is 18.7. The molecule has 0 saturated carbocycles. The molecule has 5 atom stereocenters. The lowest BCUT2D eigenvalue weighted by atomic mass is 9.96. The first-order valence-corrected chi connectivity index (χ1v) is 17.7. The molecule has 16 heteroatoms. The van der Waals surface area contributed by atoms with Crippen molar-refractivity contribution in [3.63, 3.8) is 0 Å². The van der Waals surface area contributed by atoms with E-state index in [-0.39, 0.29) is 63.3 Å². The molecule has 0 radical (unpaired) electrons. The van der Waals surface area contributed by atoms with Crippen molar-refractivity contribution in [2.24, 2.45) is 22.9 Å². The Morgan fingerprint density at radius 1 is 0.942 bits per heavy atom. The summed E-state index contributed by atoms with van der Waals surface area (Å²) < 4.78 is 0. The summed E-state index contributed by atoms with van der Waals surface area (Å²) in [4.78, 5) is 66.0. The van der Waals surface area contributed by atoms with Crippen molar-refractivity contribution >= 4 is 35.8 Å². The van der Waals surface area contributed by atoms with E-state index in [0.29, 0.717) is 43.5 Å². The molecule has 0 fully saturated rings. The van der Waals surface area contributed by atoms with E-state index >= 15 is 0 Å². The Labute approximate surface area is 304 Å². The number of phenolic OH excluding ortho intramolecular Hbond substituents is 1. The van der Waals surface area contributed by atoms with Gasteiger partial charge in [-0.1, -0.05) is 30.3 Å². The summed E-state index contributed by atoms with van der Waals surface area (Å²) in [6, 6.07) is 7.62. The van der Waals surface area contributed by atoms with Gasteiger partial charge >= 0.3 is 0 Å². The SMILES string of the molecule is N=CCC[C@H](NC(=O)C1Cc2cccc(c2)-c2ccc(O)c(c2)CC(N)C(=O)N[C@@H](CCCN)C(=O)N1)C(=O)NCCC[C@H](N)CC(=O)NCCN. The van der Waals surface area contributed by atoms with Gasteiger partial charge in [0.2, 0.25) is 29.5 Å². The Hall–Kier alpha value is -4.90. The topological polar surface area (TPSA) is 294 Å². The summed E-state index contributed by atoms with van der Waals surface area (Å²) in [5, 5.41) is 31.7. The standard InChI is InChI=1S/C36H54N10O6/c37-12-2-8-28(34(50)43-15-4-7-26(40)21-32(48)42-16-14-39)45-36(52)30-18-22-5-1-6-23(17-22)24-10-11-31(47)25(19-24)20-27(41)33(49)44-29(9-3-13-38)35(51)46-30/h1,5-6,10-12,17,19,26-30,37,47H,2-4,7-9,13-16,18,20-21,38-41H2,(H,42,48)(H,43,50)(H,44,49)(H,45,52)(H,46,51)/t26-,27?,28-,29-,30?/m0/s1. The molecule has 284 valence electrons. The Bertz CT molecular complexity index is 1540. The van der Waals surface area contributed by atoms with Crippen LogP contribution in [0.2, 0.25) is 0 Å². The van der Waals surface area contributed by atoms with Crippen molar-refractivity contribution in [1.82, 2.24) is 26.6 Å². The molecule has 0 aliphatic carbocycles. The highest BCUT2D eigenvalue weighted by molar-refractivity contribution is 5.95. The fourth-order valence-electron chi connectivity index (χ4n) is 5.84. The van der Waals surface area contributed by atoms with Crippen LogP contribution in [0.5, 0.6) is 5.75 Å². The lowest BCUT2D eigenvalue weighted by Gasteiger charge is -2.26. The molecular formula is C36H54N10O6. The first kappa shape index (κ1) is 41.5. The van der Waals surface area contributed by atoms with Crippen LogP contribution in [0.3, 0.4) is 0 Å². The zero-order valence-corrected chi connectivity index (χ0v) is 29.5. The largest absolute Gasteiger partial charge is 0.508 e. The zero-order chi connectivity index (χ0) is 38.0. The summed E-state index contributed by atoms with van der Waals surface area (Å²) >= 11 is 0. The molecule has 0 saturated heterocycles. The highest BCUT2D eigenvalue weighted by Gasteiger charge is 2.31. The third kappa shape index (κ3) is 13.3. The van der Waals surface area contributed by atoms with Crippen molar-refractivity contribution in [2.45, 2.75) is 88.0 Å². The van der Waals surface area contributed by atoms with Gasteiger partial charge in [-0.2, -0.15) is 0 Å². The number of amides is 5. The second-order valence-corrected chi connectivity index (χ2v) is 13.0. The van der Waals surface area contributed by atoms with Crippen molar-refractivity contribution in [3.8, 4) is 16.9 Å². The first-order chi connectivity index (χ1) is 24.9. The smallest absolute Gasteiger partial charge is 0.243 e.